The lowest BCUT2D eigenvalue weighted by Crippen LogP contribution is -2.26. The van der Waals surface area contributed by atoms with E-state index in [1.54, 1.807) is 0 Å². The monoisotopic (exact) mass is 297 g/mol. The lowest BCUT2D eigenvalue weighted by Gasteiger charge is -2.10. The van der Waals surface area contributed by atoms with Crippen molar-refractivity contribution in [3.05, 3.63) is 34.3 Å². The first-order valence-electron chi connectivity index (χ1n) is 5.91. The number of benzene rings is 1. The van der Waals surface area contributed by atoms with Crippen LogP contribution in [0.2, 0.25) is 0 Å². The maximum absolute atomic E-state index is 11.8. The Labute approximate surface area is 110 Å². The summed E-state index contributed by atoms with van der Waals surface area (Å²) in [6.45, 7) is 1.55. The number of hydrogen-bond acceptors (Lipinski definition) is 2. The van der Waals surface area contributed by atoms with E-state index in [-0.39, 0.29) is 5.91 Å². The van der Waals surface area contributed by atoms with E-state index < -0.39 is 0 Å². The first-order chi connectivity index (χ1) is 8.25. The molecule has 1 aromatic rings. The second-order valence-corrected chi connectivity index (χ2v) is 5.10. The van der Waals surface area contributed by atoms with Gasteiger partial charge in [0.25, 0.3) is 5.91 Å². The van der Waals surface area contributed by atoms with Gasteiger partial charge in [-0.25, -0.2) is 0 Å². The third kappa shape index (κ3) is 3.82. The molecule has 0 aliphatic carbocycles. The third-order valence-corrected chi connectivity index (χ3v) is 3.41. The number of amides is 1. The van der Waals surface area contributed by atoms with E-state index in [9.17, 15) is 4.79 Å². The summed E-state index contributed by atoms with van der Waals surface area (Å²) < 4.78 is 6.48. The standard InChI is InChI=1S/C13H16BrNO2/c14-11-5-3-10(4-6-11)13(16)15-8-7-12-2-1-9-17-12/h3-6,12H,1-2,7-9H2,(H,15,16). The molecule has 2 rings (SSSR count). The van der Waals surface area contributed by atoms with Crippen molar-refractivity contribution in [1.29, 1.82) is 0 Å². The van der Waals surface area contributed by atoms with E-state index in [0.717, 1.165) is 30.3 Å². The van der Waals surface area contributed by atoms with Gasteiger partial charge in [-0.15, -0.1) is 0 Å². The molecule has 1 fully saturated rings. The number of carbonyl (C=O) groups is 1. The van der Waals surface area contributed by atoms with Crippen LogP contribution in [0.4, 0.5) is 0 Å². The lowest BCUT2D eigenvalue weighted by atomic mass is 10.1. The molecule has 1 unspecified atom stereocenters. The molecule has 3 nitrogen and oxygen atoms in total. The summed E-state index contributed by atoms with van der Waals surface area (Å²) in [5.41, 5.74) is 0.695. The molecule has 0 saturated carbocycles. The number of rotatable bonds is 4. The Balaban J connectivity index is 1.75. The summed E-state index contributed by atoms with van der Waals surface area (Å²) in [6.07, 6.45) is 3.50. The smallest absolute Gasteiger partial charge is 0.251 e. The fraction of sp³-hybridized carbons (Fsp3) is 0.462. The quantitative estimate of drug-likeness (QED) is 0.928. The van der Waals surface area contributed by atoms with Crippen molar-refractivity contribution in [2.24, 2.45) is 0 Å². The van der Waals surface area contributed by atoms with Crippen molar-refractivity contribution < 1.29 is 9.53 Å². The third-order valence-electron chi connectivity index (χ3n) is 2.88. The van der Waals surface area contributed by atoms with Gasteiger partial charge in [-0.2, -0.15) is 0 Å². The van der Waals surface area contributed by atoms with Gasteiger partial charge in [0.2, 0.25) is 0 Å². The molecule has 0 spiro atoms. The zero-order valence-corrected chi connectivity index (χ0v) is 11.2. The summed E-state index contributed by atoms with van der Waals surface area (Å²) in [7, 11) is 0. The zero-order valence-electron chi connectivity index (χ0n) is 9.62. The molecule has 0 radical (unpaired) electrons. The predicted molar refractivity (Wildman–Crippen MR) is 70.1 cm³/mol. The highest BCUT2D eigenvalue weighted by Gasteiger charge is 2.15. The second kappa shape index (κ2) is 6.17. The molecule has 1 atom stereocenters. The minimum absolute atomic E-state index is 0.0181. The Morgan fingerprint density at radius 3 is 2.82 bits per heavy atom. The van der Waals surface area contributed by atoms with E-state index in [1.165, 1.54) is 0 Å². The second-order valence-electron chi connectivity index (χ2n) is 4.19. The summed E-state index contributed by atoms with van der Waals surface area (Å²) >= 11 is 3.34. The number of nitrogens with one attached hydrogen (secondary N) is 1. The van der Waals surface area contributed by atoms with Crippen molar-refractivity contribution in [2.45, 2.75) is 25.4 Å². The highest BCUT2D eigenvalue weighted by molar-refractivity contribution is 9.10. The average molecular weight is 298 g/mol. The topological polar surface area (TPSA) is 38.3 Å². The Bertz CT molecular complexity index is 372. The largest absolute Gasteiger partial charge is 0.378 e. The molecule has 0 aromatic heterocycles. The lowest BCUT2D eigenvalue weighted by molar-refractivity contribution is 0.0907. The first kappa shape index (κ1) is 12.6. The minimum Gasteiger partial charge on any atom is -0.378 e. The van der Waals surface area contributed by atoms with Crippen molar-refractivity contribution in [3.63, 3.8) is 0 Å². The van der Waals surface area contributed by atoms with Crippen LogP contribution in [0, 0.1) is 0 Å². The van der Waals surface area contributed by atoms with Crippen molar-refractivity contribution in [3.8, 4) is 0 Å². The van der Waals surface area contributed by atoms with Crippen molar-refractivity contribution in [1.82, 2.24) is 5.32 Å². The maximum Gasteiger partial charge on any atom is 0.251 e. The number of ether oxygens (including phenoxy) is 1. The maximum atomic E-state index is 11.8. The molecule has 1 amide bonds. The zero-order chi connectivity index (χ0) is 12.1. The molecule has 92 valence electrons. The van der Waals surface area contributed by atoms with E-state index in [0.29, 0.717) is 18.2 Å². The molecule has 1 saturated heterocycles. The van der Waals surface area contributed by atoms with Gasteiger partial charge in [0.15, 0.2) is 0 Å². The normalized spacial score (nSPS) is 19.2. The molecule has 1 N–H and O–H groups in total. The summed E-state index contributed by atoms with van der Waals surface area (Å²) in [5, 5.41) is 2.91. The molecule has 1 aromatic carbocycles. The van der Waals surface area contributed by atoms with Gasteiger partial charge in [-0.3, -0.25) is 4.79 Å². The van der Waals surface area contributed by atoms with Gasteiger partial charge < -0.3 is 10.1 Å². The molecule has 1 aliphatic rings. The summed E-state index contributed by atoms with van der Waals surface area (Å²) in [6, 6.07) is 7.36. The van der Waals surface area contributed by atoms with Gasteiger partial charge in [-0.05, 0) is 43.5 Å². The summed E-state index contributed by atoms with van der Waals surface area (Å²) in [4.78, 5) is 11.8. The van der Waals surface area contributed by atoms with Crippen LogP contribution in [0.3, 0.4) is 0 Å². The average Bonchev–Trinajstić information content (AvgIpc) is 2.83. The van der Waals surface area contributed by atoms with Crippen LogP contribution in [0.1, 0.15) is 29.6 Å². The molecular formula is C13H16BrNO2. The SMILES string of the molecule is O=C(NCCC1CCCO1)c1ccc(Br)cc1. The van der Waals surface area contributed by atoms with Gasteiger partial charge in [-0.1, -0.05) is 15.9 Å². The highest BCUT2D eigenvalue weighted by atomic mass is 79.9. The summed E-state index contributed by atoms with van der Waals surface area (Å²) in [5.74, 6) is -0.0181. The molecule has 1 aliphatic heterocycles. The first-order valence-corrected chi connectivity index (χ1v) is 6.70. The van der Waals surface area contributed by atoms with E-state index in [2.05, 4.69) is 21.2 Å². The Morgan fingerprint density at radius 1 is 1.41 bits per heavy atom. The number of carbonyl (C=O) groups excluding carboxylic acids is 1. The van der Waals surface area contributed by atoms with E-state index in [1.807, 2.05) is 24.3 Å². The molecular weight excluding hydrogens is 282 g/mol. The van der Waals surface area contributed by atoms with Crippen LogP contribution in [-0.2, 0) is 4.74 Å². The van der Waals surface area contributed by atoms with Crippen LogP contribution >= 0.6 is 15.9 Å². The number of halogens is 1. The van der Waals surface area contributed by atoms with Crippen LogP contribution < -0.4 is 5.32 Å². The highest BCUT2D eigenvalue weighted by Crippen LogP contribution is 2.14. The predicted octanol–water partition coefficient (Wildman–Crippen LogP) is 2.75. The van der Waals surface area contributed by atoms with Crippen LogP contribution in [0.15, 0.2) is 28.7 Å². The Hall–Kier alpha value is -0.870. The Kier molecular flexibility index (Phi) is 4.57. The fourth-order valence-corrected chi connectivity index (χ4v) is 2.19. The van der Waals surface area contributed by atoms with E-state index in [4.69, 9.17) is 4.74 Å². The van der Waals surface area contributed by atoms with Crippen LogP contribution in [0.25, 0.3) is 0 Å². The van der Waals surface area contributed by atoms with Gasteiger partial charge in [0.05, 0.1) is 6.10 Å². The van der Waals surface area contributed by atoms with Gasteiger partial charge in [0.1, 0.15) is 0 Å². The minimum atomic E-state index is -0.0181. The number of hydrogen-bond donors (Lipinski definition) is 1. The Morgan fingerprint density at radius 2 is 2.18 bits per heavy atom. The van der Waals surface area contributed by atoms with Crippen molar-refractivity contribution in [2.75, 3.05) is 13.2 Å². The molecule has 17 heavy (non-hydrogen) atoms. The molecule has 4 heteroatoms. The van der Waals surface area contributed by atoms with Gasteiger partial charge >= 0.3 is 0 Å². The fourth-order valence-electron chi connectivity index (χ4n) is 1.92. The molecule has 0 bridgehead atoms. The van der Waals surface area contributed by atoms with Crippen LogP contribution in [-0.4, -0.2) is 25.2 Å². The van der Waals surface area contributed by atoms with Gasteiger partial charge in [0, 0.05) is 23.2 Å². The molecule has 1 heterocycles. The van der Waals surface area contributed by atoms with E-state index >= 15 is 0 Å². The van der Waals surface area contributed by atoms with Crippen LogP contribution in [0.5, 0.6) is 0 Å². The van der Waals surface area contributed by atoms with Crippen molar-refractivity contribution >= 4 is 21.8 Å².